The van der Waals surface area contributed by atoms with E-state index in [1.807, 2.05) is 0 Å². The van der Waals surface area contributed by atoms with Crippen LogP contribution in [-0.2, 0) is 7.05 Å². The van der Waals surface area contributed by atoms with Crippen LogP contribution in [-0.4, -0.2) is 14.9 Å². The average Bonchev–Trinajstić information content (AvgIpc) is 2.78. The maximum atomic E-state index is 13.0. The van der Waals surface area contributed by atoms with Crippen molar-refractivity contribution in [1.82, 2.24) is 14.9 Å². The average molecular weight is 259 g/mol. The Balaban J connectivity index is 2.40. The van der Waals surface area contributed by atoms with Crippen molar-refractivity contribution in [1.29, 1.82) is 0 Å². The van der Waals surface area contributed by atoms with E-state index in [2.05, 4.69) is 10.3 Å². The predicted octanol–water partition coefficient (Wildman–Crippen LogP) is 2.04. The molecule has 0 aliphatic carbocycles. The zero-order valence-electron chi connectivity index (χ0n) is 10.3. The van der Waals surface area contributed by atoms with E-state index in [-0.39, 0.29) is 16.9 Å². The fraction of sp³-hybridized carbons (Fsp3) is 0.154. The molecule has 0 N–H and O–H groups in total. The summed E-state index contributed by atoms with van der Waals surface area (Å²) < 4.78 is 19.2. The highest BCUT2D eigenvalue weighted by molar-refractivity contribution is 5.92. The van der Waals surface area contributed by atoms with Gasteiger partial charge in [0.2, 0.25) is 0 Å². The molecular formula is C13H10FN3O2. The monoisotopic (exact) mass is 259 g/mol. The van der Waals surface area contributed by atoms with E-state index in [1.165, 1.54) is 16.8 Å². The molecule has 3 aromatic rings. The van der Waals surface area contributed by atoms with E-state index in [4.69, 9.17) is 4.52 Å². The summed E-state index contributed by atoms with van der Waals surface area (Å²) in [5.74, 6) is 0.186. The first-order valence-corrected chi connectivity index (χ1v) is 5.67. The molecule has 2 aromatic heterocycles. The standard InChI is InChI=1S/C13H10FN3O2/c1-7-10-11(8-3-5-9(14)6-4-8)15-17(2)13(18)12(10)16-19-7/h3-6H,1-2H3. The van der Waals surface area contributed by atoms with E-state index in [1.54, 1.807) is 26.1 Å². The summed E-state index contributed by atoms with van der Waals surface area (Å²) >= 11 is 0. The lowest BCUT2D eigenvalue weighted by atomic mass is 10.1. The SMILES string of the molecule is Cc1onc2c(=O)n(C)nc(-c3ccc(F)cc3)c12. The number of nitrogens with zero attached hydrogens (tertiary/aromatic N) is 3. The molecule has 0 spiro atoms. The van der Waals surface area contributed by atoms with Crippen LogP contribution in [0.3, 0.4) is 0 Å². The minimum Gasteiger partial charge on any atom is -0.360 e. The molecule has 0 atom stereocenters. The Labute approximate surface area is 107 Å². The maximum Gasteiger partial charge on any atom is 0.296 e. The Hall–Kier alpha value is -2.50. The summed E-state index contributed by atoms with van der Waals surface area (Å²) in [5, 5.41) is 8.54. The maximum absolute atomic E-state index is 13.0. The van der Waals surface area contributed by atoms with E-state index >= 15 is 0 Å². The van der Waals surface area contributed by atoms with Crippen molar-refractivity contribution in [3.8, 4) is 11.3 Å². The van der Waals surface area contributed by atoms with Crippen molar-refractivity contribution < 1.29 is 8.91 Å². The smallest absolute Gasteiger partial charge is 0.296 e. The fourth-order valence-electron chi connectivity index (χ4n) is 2.01. The molecule has 6 heteroatoms. The first kappa shape index (κ1) is 11.6. The number of hydrogen-bond donors (Lipinski definition) is 0. The zero-order chi connectivity index (χ0) is 13.6. The minimum atomic E-state index is -0.327. The van der Waals surface area contributed by atoms with Crippen molar-refractivity contribution in [2.45, 2.75) is 6.92 Å². The predicted molar refractivity (Wildman–Crippen MR) is 67.2 cm³/mol. The number of halogens is 1. The number of aromatic nitrogens is 3. The van der Waals surface area contributed by atoms with E-state index in [0.29, 0.717) is 22.4 Å². The molecule has 19 heavy (non-hydrogen) atoms. The number of rotatable bonds is 1. The molecular weight excluding hydrogens is 249 g/mol. The van der Waals surface area contributed by atoms with Crippen LogP contribution in [0.15, 0.2) is 33.6 Å². The van der Waals surface area contributed by atoms with E-state index in [0.717, 1.165) is 0 Å². The lowest BCUT2D eigenvalue weighted by Crippen LogP contribution is -2.20. The molecule has 5 nitrogen and oxygen atoms in total. The van der Waals surface area contributed by atoms with Crippen LogP contribution in [0.2, 0.25) is 0 Å². The normalized spacial score (nSPS) is 11.1. The third-order valence-corrected chi connectivity index (χ3v) is 2.96. The fourth-order valence-corrected chi connectivity index (χ4v) is 2.01. The molecule has 0 aliphatic rings. The molecule has 0 saturated heterocycles. The third-order valence-electron chi connectivity index (χ3n) is 2.96. The lowest BCUT2D eigenvalue weighted by molar-refractivity contribution is 0.405. The highest BCUT2D eigenvalue weighted by atomic mass is 19.1. The molecule has 0 aliphatic heterocycles. The molecule has 0 amide bonds. The molecule has 96 valence electrons. The number of benzene rings is 1. The summed E-state index contributed by atoms with van der Waals surface area (Å²) in [4.78, 5) is 11.9. The first-order valence-electron chi connectivity index (χ1n) is 5.67. The van der Waals surface area contributed by atoms with Gasteiger partial charge in [0.1, 0.15) is 17.3 Å². The summed E-state index contributed by atoms with van der Waals surface area (Å²) in [6.45, 7) is 1.71. The van der Waals surface area contributed by atoms with Crippen molar-refractivity contribution in [2.75, 3.05) is 0 Å². The number of aryl methyl sites for hydroxylation is 2. The second kappa shape index (κ2) is 4.01. The number of fused-ring (bicyclic) bond motifs is 1. The molecule has 0 fully saturated rings. The summed E-state index contributed by atoms with van der Waals surface area (Å²) in [5.41, 5.74) is 1.16. The van der Waals surface area contributed by atoms with Crippen molar-refractivity contribution in [3.63, 3.8) is 0 Å². The second-order valence-electron chi connectivity index (χ2n) is 4.25. The minimum absolute atomic E-state index is 0.231. The largest absolute Gasteiger partial charge is 0.360 e. The van der Waals surface area contributed by atoms with Crippen LogP contribution in [0, 0.1) is 12.7 Å². The van der Waals surface area contributed by atoms with Gasteiger partial charge in [0.05, 0.1) is 5.39 Å². The van der Waals surface area contributed by atoms with Gasteiger partial charge in [-0.3, -0.25) is 4.79 Å². The van der Waals surface area contributed by atoms with Gasteiger partial charge in [-0.1, -0.05) is 5.16 Å². The third kappa shape index (κ3) is 1.72. The highest BCUT2D eigenvalue weighted by Gasteiger charge is 2.17. The summed E-state index contributed by atoms with van der Waals surface area (Å²) in [6, 6.07) is 5.90. The first-order chi connectivity index (χ1) is 9.08. The molecule has 3 rings (SSSR count). The van der Waals surface area contributed by atoms with Gasteiger partial charge in [0.25, 0.3) is 5.56 Å². The van der Waals surface area contributed by atoms with Crippen LogP contribution < -0.4 is 5.56 Å². The zero-order valence-corrected chi connectivity index (χ0v) is 10.3. The topological polar surface area (TPSA) is 60.9 Å². The molecule has 0 radical (unpaired) electrons. The van der Waals surface area contributed by atoms with Crippen LogP contribution in [0.25, 0.3) is 22.2 Å². The van der Waals surface area contributed by atoms with Gasteiger partial charge in [-0.05, 0) is 31.2 Å². The van der Waals surface area contributed by atoms with Crippen LogP contribution in [0.5, 0.6) is 0 Å². The Kier molecular flexibility index (Phi) is 2.45. The Morgan fingerprint density at radius 2 is 1.95 bits per heavy atom. The molecule has 0 saturated carbocycles. The van der Waals surface area contributed by atoms with Gasteiger partial charge in [0.15, 0.2) is 5.52 Å². The van der Waals surface area contributed by atoms with Crippen molar-refractivity contribution in [2.24, 2.45) is 7.05 Å². The summed E-state index contributed by atoms with van der Waals surface area (Å²) in [6.07, 6.45) is 0. The molecule has 1 aromatic carbocycles. The van der Waals surface area contributed by atoms with E-state index < -0.39 is 0 Å². The quantitative estimate of drug-likeness (QED) is 0.671. The highest BCUT2D eigenvalue weighted by Crippen LogP contribution is 2.26. The van der Waals surface area contributed by atoms with E-state index in [9.17, 15) is 9.18 Å². The molecule has 0 bridgehead atoms. The molecule has 0 unspecified atom stereocenters. The molecule has 2 heterocycles. The van der Waals surface area contributed by atoms with Crippen LogP contribution in [0.1, 0.15) is 5.76 Å². The van der Waals surface area contributed by atoms with Gasteiger partial charge < -0.3 is 4.52 Å². The van der Waals surface area contributed by atoms with Gasteiger partial charge >= 0.3 is 0 Å². The summed E-state index contributed by atoms with van der Waals surface area (Å²) in [7, 11) is 1.54. The van der Waals surface area contributed by atoms with Crippen molar-refractivity contribution in [3.05, 3.63) is 46.2 Å². The Morgan fingerprint density at radius 3 is 2.63 bits per heavy atom. The van der Waals surface area contributed by atoms with Gasteiger partial charge in [-0.15, -0.1) is 0 Å². The van der Waals surface area contributed by atoms with Gasteiger partial charge in [-0.25, -0.2) is 9.07 Å². The second-order valence-corrected chi connectivity index (χ2v) is 4.25. The number of hydrogen-bond acceptors (Lipinski definition) is 4. The lowest BCUT2D eigenvalue weighted by Gasteiger charge is -2.04. The van der Waals surface area contributed by atoms with Crippen molar-refractivity contribution >= 4 is 10.9 Å². The Bertz CT molecular complexity index is 818. The van der Waals surface area contributed by atoms with Gasteiger partial charge in [-0.2, -0.15) is 5.10 Å². The van der Waals surface area contributed by atoms with Crippen LogP contribution in [0.4, 0.5) is 4.39 Å². The van der Waals surface area contributed by atoms with Crippen LogP contribution >= 0.6 is 0 Å². The van der Waals surface area contributed by atoms with Gasteiger partial charge in [0, 0.05) is 12.6 Å². The Morgan fingerprint density at radius 1 is 1.26 bits per heavy atom.